The molecule has 146 valence electrons. The van der Waals surface area contributed by atoms with Crippen LogP contribution in [0.1, 0.15) is 21.5 Å². The molecule has 0 radical (unpaired) electrons. The molecule has 0 fully saturated rings. The van der Waals surface area contributed by atoms with Gasteiger partial charge in [0.15, 0.2) is 0 Å². The fourth-order valence-corrected chi connectivity index (χ4v) is 3.43. The second-order valence-electron chi connectivity index (χ2n) is 5.78. The van der Waals surface area contributed by atoms with E-state index in [2.05, 4.69) is 4.72 Å². The van der Waals surface area contributed by atoms with Crippen LogP contribution in [-0.4, -0.2) is 41.8 Å². The number of rotatable bonds is 8. The summed E-state index contributed by atoms with van der Waals surface area (Å²) in [6.45, 7) is 4.10. The molecule has 0 aliphatic rings. The number of hydrogen-bond donors (Lipinski definition) is 1. The molecule has 2 rings (SSSR count). The van der Waals surface area contributed by atoms with Gasteiger partial charge in [-0.05, 0) is 50.2 Å². The predicted octanol–water partition coefficient (Wildman–Crippen LogP) is 2.46. The number of aryl methyl sites for hydroxylation is 2. The molecule has 0 saturated heterocycles. The maximum atomic E-state index is 12.2. The van der Waals surface area contributed by atoms with Gasteiger partial charge in [0.2, 0.25) is 10.0 Å². The van der Waals surface area contributed by atoms with Crippen molar-refractivity contribution >= 4 is 16.0 Å². The molecule has 0 spiro atoms. The average molecular weight is 393 g/mol. The second kappa shape index (κ2) is 8.88. The van der Waals surface area contributed by atoms with Gasteiger partial charge in [-0.1, -0.05) is 18.2 Å². The van der Waals surface area contributed by atoms with Crippen LogP contribution in [0.5, 0.6) is 11.5 Å². The highest BCUT2D eigenvalue weighted by Gasteiger charge is 2.20. The van der Waals surface area contributed by atoms with Gasteiger partial charge in [-0.15, -0.1) is 0 Å². The molecule has 27 heavy (non-hydrogen) atoms. The van der Waals surface area contributed by atoms with Crippen LogP contribution < -0.4 is 14.2 Å². The van der Waals surface area contributed by atoms with Gasteiger partial charge in [-0.3, -0.25) is 0 Å². The van der Waals surface area contributed by atoms with Gasteiger partial charge in [0.25, 0.3) is 0 Å². The Morgan fingerprint density at radius 1 is 1.07 bits per heavy atom. The molecule has 0 bridgehead atoms. The summed E-state index contributed by atoms with van der Waals surface area (Å²) in [7, 11) is -1.14. The zero-order valence-electron chi connectivity index (χ0n) is 15.7. The van der Waals surface area contributed by atoms with Gasteiger partial charge in [0, 0.05) is 0 Å². The Morgan fingerprint density at radius 3 is 2.33 bits per heavy atom. The first-order valence-corrected chi connectivity index (χ1v) is 9.76. The van der Waals surface area contributed by atoms with E-state index in [1.165, 1.54) is 32.4 Å². The van der Waals surface area contributed by atoms with Crippen LogP contribution >= 0.6 is 0 Å². The first-order valence-electron chi connectivity index (χ1n) is 8.28. The lowest BCUT2D eigenvalue weighted by molar-refractivity contribution is 0.0449. The molecule has 0 amide bonds. The van der Waals surface area contributed by atoms with Crippen LogP contribution in [0.3, 0.4) is 0 Å². The molecule has 0 saturated carbocycles. The van der Waals surface area contributed by atoms with E-state index < -0.39 is 16.0 Å². The van der Waals surface area contributed by atoms with Crippen LogP contribution in [0.25, 0.3) is 0 Å². The van der Waals surface area contributed by atoms with E-state index in [9.17, 15) is 13.2 Å². The van der Waals surface area contributed by atoms with Crippen molar-refractivity contribution in [2.75, 3.05) is 27.4 Å². The number of para-hydroxylation sites is 1. The highest BCUT2D eigenvalue weighted by Crippen LogP contribution is 2.25. The number of benzene rings is 2. The Bertz CT molecular complexity index is 904. The number of nitrogens with one attached hydrogen (secondary N) is 1. The van der Waals surface area contributed by atoms with Crippen molar-refractivity contribution < 1.29 is 27.4 Å². The minimum Gasteiger partial charge on any atom is -0.495 e. The molecule has 0 aromatic heterocycles. The van der Waals surface area contributed by atoms with E-state index in [0.29, 0.717) is 0 Å². The number of ether oxygens (including phenoxy) is 3. The van der Waals surface area contributed by atoms with Crippen molar-refractivity contribution in [1.29, 1.82) is 0 Å². The number of methoxy groups -OCH3 is 1. The predicted molar refractivity (Wildman–Crippen MR) is 101 cm³/mol. The normalized spacial score (nSPS) is 11.1. The van der Waals surface area contributed by atoms with Gasteiger partial charge in [0.1, 0.15) is 29.6 Å². The Labute approximate surface area is 159 Å². The maximum absolute atomic E-state index is 12.2. The molecule has 1 N–H and O–H groups in total. The molecule has 0 aliphatic heterocycles. The standard InChI is InChI=1S/C19H23NO6S/c1-13-6-5-7-14(2)18(13)25-10-11-26-19(21)15-8-9-16(24-4)17(12-15)27(22,23)20-3/h5-9,12,20H,10-11H2,1-4H3. The van der Waals surface area contributed by atoms with E-state index in [1.807, 2.05) is 32.0 Å². The van der Waals surface area contributed by atoms with Crippen LogP contribution in [0, 0.1) is 13.8 Å². The summed E-state index contributed by atoms with van der Waals surface area (Å²) in [6, 6.07) is 9.90. The Balaban J connectivity index is 2.03. The third-order valence-corrected chi connectivity index (χ3v) is 5.36. The molecule has 2 aromatic carbocycles. The summed E-state index contributed by atoms with van der Waals surface area (Å²) in [5.41, 5.74) is 2.11. The molecular formula is C19H23NO6S. The highest BCUT2D eigenvalue weighted by molar-refractivity contribution is 7.89. The van der Waals surface area contributed by atoms with Gasteiger partial charge >= 0.3 is 5.97 Å². The van der Waals surface area contributed by atoms with E-state index in [0.717, 1.165) is 16.9 Å². The van der Waals surface area contributed by atoms with Crippen molar-refractivity contribution in [3.05, 3.63) is 53.1 Å². The van der Waals surface area contributed by atoms with Crippen LogP contribution in [0.2, 0.25) is 0 Å². The second-order valence-corrected chi connectivity index (χ2v) is 7.63. The number of sulfonamides is 1. The third-order valence-electron chi connectivity index (χ3n) is 3.93. The minimum atomic E-state index is -3.78. The monoisotopic (exact) mass is 393 g/mol. The molecule has 2 aromatic rings. The zero-order valence-corrected chi connectivity index (χ0v) is 16.6. The van der Waals surface area contributed by atoms with Crippen molar-refractivity contribution in [3.8, 4) is 11.5 Å². The lowest BCUT2D eigenvalue weighted by Gasteiger charge is -2.13. The van der Waals surface area contributed by atoms with Crippen LogP contribution in [-0.2, 0) is 14.8 Å². The molecule has 7 nitrogen and oxygen atoms in total. The first kappa shape index (κ1) is 20.7. The average Bonchev–Trinajstić information content (AvgIpc) is 2.66. The van der Waals surface area contributed by atoms with E-state index in [-0.39, 0.29) is 29.4 Å². The van der Waals surface area contributed by atoms with Crippen molar-refractivity contribution in [2.45, 2.75) is 18.7 Å². The quantitative estimate of drug-likeness (QED) is 0.547. The fraction of sp³-hybridized carbons (Fsp3) is 0.316. The van der Waals surface area contributed by atoms with Crippen LogP contribution in [0.15, 0.2) is 41.3 Å². The summed E-state index contributed by atoms with van der Waals surface area (Å²) in [5, 5.41) is 0. The van der Waals surface area contributed by atoms with E-state index in [1.54, 1.807) is 0 Å². The molecule has 0 heterocycles. The summed E-state index contributed by atoms with van der Waals surface area (Å²) in [6.07, 6.45) is 0. The van der Waals surface area contributed by atoms with Crippen molar-refractivity contribution in [1.82, 2.24) is 4.72 Å². The summed E-state index contributed by atoms with van der Waals surface area (Å²) >= 11 is 0. The Hall–Kier alpha value is -2.58. The fourth-order valence-electron chi connectivity index (χ4n) is 2.51. The first-order chi connectivity index (χ1) is 12.8. The van der Waals surface area contributed by atoms with Gasteiger partial charge in [-0.25, -0.2) is 17.9 Å². The number of carbonyl (C=O) groups is 1. The lowest BCUT2D eigenvalue weighted by Crippen LogP contribution is -2.20. The molecule has 0 aliphatic carbocycles. The molecule has 0 unspecified atom stereocenters. The van der Waals surface area contributed by atoms with Crippen molar-refractivity contribution in [3.63, 3.8) is 0 Å². The Morgan fingerprint density at radius 2 is 1.74 bits per heavy atom. The summed E-state index contributed by atoms with van der Waals surface area (Å²) in [5.74, 6) is 0.259. The number of hydrogen-bond acceptors (Lipinski definition) is 6. The SMILES string of the molecule is CNS(=O)(=O)c1cc(C(=O)OCCOc2c(C)cccc2C)ccc1OC. The molecular weight excluding hydrogens is 370 g/mol. The van der Waals surface area contributed by atoms with Crippen LogP contribution in [0.4, 0.5) is 0 Å². The Kier molecular flexibility index (Phi) is 6.81. The van der Waals surface area contributed by atoms with Gasteiger partial charge in [0.05, 0.1) is 12.7 Å². The lowest BCUT2D eigenvalue weighted by atomic mass is 10.1. The topological polar surface area (TPSA) is 90.9 Å². The zero-order chi connectivity index (χ0) is 20.0. The molecule has 0 atom stereocenters. The van der Waals surface area contributed by atoms with Crippen molar-refractivity contribution in [2.24, 2.45) is 0 Å². The largest absolute Gasteiger partial charge is 0.495 e. The third kappa shape index (κ3) is 4.99. The maximum Gasteiger partial charge on any atom is 0.338 e. The van der Waals surface area contributed by atoms with E-state index in [4.69, 9.17) is 14.2 Å². The summed E-state index contributed by atoms with van der Waals surface area (Å²) in [4.78, 5) is 12.1. The van der Waals surface area contributed by atoms with E-state index >= 15 is 0 Å². The number of esters is 1. The summed E-state index contributed by atoms with van der Waals surface area (Å²) < 4.78 is 42.3. The molecule has 8 heteroatoms. The minimum absolute atomic E-state index is 0.0345. The van der Waals surface area contributed by atoms with Gasteiger partial charge in [-0.2, -0.15) is 0 Å². The number of carbonyl (C=O) groups excluding carboxylic acids is 1. The smallest absolute Gasteiger partial charge is 0.338 e. The van der Waals surface area contributed by atoms with Gasteiger partial charge < -0.3 is 14.2 Å². The highest BCUT2D eigenvalue weighted by atomic mass is 32.2.